The first-order valence-corrected chi connectivity index (χ1v) is 3.94. The predicted molar refractivity (Wildman–Crippen MR) is 44.8 cm³/mol. The van der Waals surface area contributed by atoms with Gasteiger partial charge in [-0.3, -0.25) is 14.9 Å². The van der Waals surface area contributed by atoms with Gasteiger partial charge in [-0.1, -0.05) is 0 Å². The molecular formula is C7H13NO6. The van der Waals surface area contributed by atoms with Gasteiger partial charge in [0.25, 0.3) is 0 Å². The molecule has 14 heavy (non-hydrogen) atoms. The number of aliphatic carboxylic acids is 2. The molecule has 0 amide bonds. The van der Waals surface area contributed by atoms with E-state index in [1.807, 2.05) is 0 Å². The van der Waals surface area contributed by atoms with Crippen molar-refractivity contribution in [1.29, 1.82) is 0 Å². The van der Waals surface area contributed by atoms with Crippen LogP contribution in [0.5, 0.6) is 0 Å². The Morgan fingerprint density at radius 1 is 1.29 bits per heavy atom. The van der Waals surface area contributed by atoms with E-state index in [1.54, 1.807) is 0 Å². The lowest BCUT2D eigenvalue weighted by atomic mass is 10.1. The van der Waals surface area contributed by atoms with Crippen LogP contribution in [0.3, 0.4) is 0 Å². The van der Waals surface area contributed by atoms with Crippen LogP contribution in [0.2, 0.25) is 0 Å². The van der Waals surface area contributed by atoms with E-state index in [0.29, 0.717) is 0 Å². The minimum absolute atomic E-state index is 0.237. The summed E-state index contributed by atoms with van der Waals surface area (Å²) in [5.41, 5.74) is 0. The van der Waals surface area contributed by atoms with Gasteiger partial charge in [0, 0.05) is 6.42 Å². The van der Waals surface area contributed by atoms with Crippen LogP contribution in [0, 0.1) is 0 Å². The molecule has 2 unspecified atom stereocenters. The van der Waals surface area contributed by atoms with Crippen molar-refractivity contribution in [1.82, 2.24) is 5.32 Å². The standard InChI is InChI=1S/C7H13NO6/c9-3-4(10)1-5(7(13)14)8-2-6(11)12/h4-5,8-10H,1-3H2,(H,11,12)(H,13,14). The molecule has 0 heterocycles. The third-order valence-electron chi connectivity index (χ3n) is 1.52. The van der Waals surface area contributed by atoms with Crippen molar-refractivity contribution in [2.45, 2.75) is 18.6 Å². The lowest BCUT2D eigenvalue weighted by Gasteiger charge is -2.15. The van der Waals surface area contributed by atoms with E-state index in [-0.39, 0.29) is 6.42 Å². The fourth-order valence-corrected chi connectivity index (χ4v) is 0.829. The van der Waals surface area contributed by atoms with Crippen LogP contribution in [0.4, 0.5) is 0 Å². The number of aliphatic hydroxyl groups excluding tert-OH is 2. The molecule has 0 rings (SSSR count). The van der Waals surface area contributed by atoms with Gasteiger partial charge in [0.1, 0.15) is 6.04 Å². The van der Waals surface area contributed by atoms with Gasteiger partial charge < -0.3 is 20.4 Å². The highest BCUT2D eigenvalue weighted by Gasteiger charge is 2.21. The summed E-state index contributed by atoms with van der Waals surface area (Å²) in [5.74, 6) is -2.45. The van der Waals surface area contributed by atoms with Gasteiger partial charge in [-0.05, 0) is 0 Å². The molecule has 0 radical (unpaired) electrons. The zero-order valence-corrected chi connectivity index (χ0v) is 7.38. The monoisotopic (exact) mass is 207 g/mol. The Bertz CT molecular complexity index is 206. The molecule has 0 saturated heterocycles. The number of rotatable bonds is 7. The lowest BCUT2D eigenvalue weighted by molar-refractivity contribution is -0.141. The molecule has 5 N–H and O–H groups in total. The number of carbonyl (C=O) groups is 2. The largest absolute Gasteiger partial charge is 0.480 e. The quantitative estimate of drug-likeness (QED) is 0.322. The number of carboxylic acids is 2. The summed E-state index contributed by atoms with van der Waals surface area (Å²) in [6.45, 7) is -1.06. The molecule has 0 bridgehead atoms. The highest BCUT2D eigenvalue weighted by Crippen LogP contribution is 1.98. The van der Waals surface area contributed by atoms with Crippen molar-refractivity contribution in [2.75, 3.05) is 13.2 Å². The maximum absolute atomic E-state index is 10.5. The van der Waals surface area contributed by atoms with Crippen molar-refractivity contribution in [3.63, 3.8) is 0 Å². The highest BCUT2D eigenvalue weighted by atomic mass is 16.4. The molecule has 0 aromatic heterocycles. The van der Waals surface area contributed by atoms with Crippen LogP contribution < -0.4 is 5.32 Å². The zero-order chi connectivity index (χ0) is 11.1. The fourth-order valence-electron chi connectivity index (χ4n) is 0.829. The van der Waals surface area contributed by atoms with Gasteiger partial charge in [-0.25, -0.2) is 0 Å². The number of hydrogen-bond acceptors (Lipinski definition) is 5. The van der Waals surface area contributed by atoms with E-state index in [1.165, 1.54) is 0 Å². The summed E-state index contributed by atoms with van der Waals surface area (Å²) in [6.07, 6.45) is -1.41. The van der Waals surface area contributed by atoms with Crippen LogP contribution in [-0.4, -0.2) is 57.7 Å². The normalized spacial score (nSPS) is 14.7. The van der Waals surface area contributed by atoms with Crippen molar-refractivity contribution >= 4 is 11.9 Å². The van der Waals surface area contributed by atoms with Crippen molar-refractivity contribution < 1.29 is 30.0 Å². The molecule has 82 valence electrons. The van der Waals surface area contributed by atoms with Gasteiger partial charge >= 0.3 is 11.9 Å². The Morgan fingerprint density at radius 2 is 1.86 bits per heavy atom. The van der Waals surface area contributed by atoms with E-state index in [9.17, 15) is 9.59 Å². The number of nitrogens with one attached hydrogen (secondary N) is 1. The molecule has 2 atom stereocenters. The molecular weight excluding hydrogens is 194 g/mol. The SMILES string of the molecule is O=C(O)CNC(CC(O)CO)C(=O)O. The average molecular weight is 207 g/mol. The predicted octanol–water partition coefficient (Wildman–Crippen LogP) is -2.14. The molecule has 0 aliphatic heterocycles. The van der Waals surface area contributed by atoms with Crippen LogP contribution in [0.1, 0.15) is 6.42 Å². The molecule has 0 aliphatic carbocycles. The second-order valence-corrected chi connectivity index (χ2v) is 2.74. The summed E-state index contributed by atoms with van der Waals surface area (Å²) in [5, 5.41) is 36.5. The maximum atomic E-state index is 10.5. The molecule has 0 aromatic rings. The first kappa shape index (κ1) is 12.8. The number of carboxylic acid groups (broad SMARTS) is 2. The van der Waals surface area contributed by atoms with Gasteiger partial charge in [0.05, 0.1) is 19.3 Å². The molecule has 0 aliphatic rings. The van der Waals surface area contributed by atoms with Gasteiger partial charge in [0.2, 0.25) is 0 Å². The van der Waals surface area contributed by atoms with Crippen molar-refractivity contribution in [3.05, 3.63) is 0 Å². The molecule has 0 spiro atoms. The van der Waals surface area contributed by atoms with Crippen LogP contribution in [0.25, 0.3) is 0 Å². The molecule has 7 nitrogen and oxygen atoms in total. The second kappa shape index (κ2) is 6.30. The highest BCUT2D eigenvalue weighted by molar-refractivity contribution is 5.75. The Hall–Kier alpha value is -1.18. The van der Waals surface area contributed by atoms with Gasteiger partial charge in [-0.2, -0.15) is 0 Å². The third-order valence-corrected chi connectivity index (χ3v) is 1.52. The second-order valence-electron chi connectivity index (χ2n) is 2.74. The van der Waals surface area contributed by atoms with Gasteiger partial charge in [0.15, 0.2) is 0 Å². The van der Waals surface area contributed by atoms with Gasteiger partial charge in [-0.15, -0.1) is 0 Å². The fraction of sp³-hybridized carbons (Fsp3) is 0.714. The van der Waals surface area contributed by atoms with E-state index in [0.717, 1.165) is 0 Å². The summed E-state index contributed by atoms with van der Waals surface area (Å²) in [6, 6.07) is -1.17. The first-order chi connectivity index (χ1) is 6.47. The van der Waals surface area contributed by atoms with Crippen LogP contribution in [0.15, 0.2) is 0 Å². The summed E-state index contributed by atoms with van der Waals surface area (Å²) < 4.78 is 0. The molecule has 0 saturated carbocycles. The van der Waals surface area contributed by atoms with Crippen molar-refractivity contribution in [3.8, 4) is 0 Å². The molecule has 0 fully saturated rings. The topological polar surface area (TPSA) is 127 Å². The Morgan fingerprint density at radius 3 is 2.21 bits per heavy atom. The smallest absolute Gasteiger partial charge is 0.320 e. The van der Waals surface area contributed by atoms with Crippen molar-refractivity contribution in [2.24, 2.45) is 0 Å². The maximum Gasteiger partial charge on any atom is 0.320 e. The third kappa shape index (κ3) is 5.46. The Balaban J connectivity index is 4.02. The average Bonchev–Trinajstić information content (AvgIpc) is 2.10. The summed E-state index contributed by atoms with van der Waals surface area (Å²) in [4.78, 5) is 20.6. The Kier molecular flexibility index (Phi) is 5.77. The van der Waals surface area contributed by atoms with E-state index in [2.05, 4.69) is 5.32 Å². The minimum Gasteiger partial charge on any atom is -0.480 e. The van der Waals surface area contributed by atoms with E-state index >= 15 is 0 Å². The van der Waals surface area contributed by atoms with E-state index < -0.39 is 37.2 Å². The number of hydrogen-bond donors (Lipinski definition) is 5. The summed E-state index contributed by atoms with van der Waals surface area (Å²) >= 11 is 0. The van der Waals surface area contributed by atoms with Crippen LogP contribution in [-0.2, 0) is 9.59 Å². The zero-order valence-electron chi connectivity index (χ0n) is 7.38. The first-order valence-electron chi connectivity index (χ1n) is 3.94. The van der Waals surface area contributed by atoms with Crippen LogP contribution >= 0.6 is 0 Å². The Labute approximate surface area is 80.0 Å². The number of aliphatic hydroxyl groups is 2. The molecule has 7 heteroatoms. The molecule has 0 aromatic carbocycles. The lowest BCUT2D eigenvalue weighted by Crippen LogP contribution is -2.42. The summed E-state index contributed by atoms with van der Waals surface area (Å²) in [7, 11) is 0. The van der Waals surface area contributed by atoms with E-state index in [4.69, 9.17) is 20.4 Å². The minimum atomic E-state index is -1.27.